The molecule has 2 heterocycles. The Hall–Kier alpha value is -1.85. The van der Waals surface area contributed by atoms with Crippen LogP contribution in [-0.2, 0) is 7.05 Å². The second-order valence-electron chi connectivity index (χ2n) is 3.13. The molecule has 0 atom stereocenters. The third-order valence-electron chi connectivity index (χ3n) is 2.16. The highest BCUT2D eigenvalue weighted by Gasteiger charge is 2.16. The van der Waals surface area contributed by atoms with E-state index in [4.69, 9.17) is 10.3 Å². The standard InChI is InChI=1S/C8H11N5O/c1-4-6(5(2)13(3)11-4)7-10-8(9)12-14-7/h1-3H3,(H2,9,12). The first-order valence-electron chi connectivity index (χ1n) is 4.19. The molecule has 0 fully saturated rings. The molecule has 0 aliphatic carbocycles. The lowest BCUT2D eigenvalue weighted by Gasteiger charge is -1.93. The summed E-state index contributed by atoms with van der Waals surface area (Å²) in [5, 5.41) is 7.78. The molecule has 2 N–H and O–H groups in total. The lowest BCUT2D eigenvalue weighted by atomic mass is 10.2. The van der Waals surface area contributed by atoms with Crippen molar-refractivity contribution in [2.45, 2.75) is 13.8 Å². The van der Waals surface area contributed by atoms with Gasteiger partial charge in [-0.2, -0.15) is 10.1 Å². The minimum Gasteiger partial charge on any atom is -0.365 e. The van der Waals surface area contributed by atoms with E-state index in [2.05, 4.69) is 15.2 Å². The summed E-state index contributed by atoms with van der Waals surface area (Å²) >= 11 is 0. The maximum absolute atomic E-state index is 5.38. The van der Waals surface area contributed by atoms with Gasteiger partial charge >= 0.3 is 0 Å². The van der Waals surface area contributed by atoms with Crippen LogP contribution in [0.2, 0.25) is 0 Å². The van der Waals surface area contributed by atoms with Crippen LogP contribution in [0.1, 0.15) is 11.4 Å². The Morgan fingerprint density at radius 1 is 1.36 bits per heavy atom. The Bertz CT molecular complexity index is 470. The number of nitrogen functional groups attached to an aromatic ring is 1. The zero-order chi connectivity index (χ0) is 10.3. The third-order valence-corrected chi connectivity index (χ3v) is 2.16. The molecular weight excluding hydrogens is 182 g/mol. The number of nitrogens with two attached hydrogens (primary N) is 1. The van der Waals surface area contributed by atoms with Crippen molar-refractivity contribution >= 4 is 5.95 Å². The van der Waals surface area contributed by atoms with Crippen molar-refractivity contribution in [2.75, 3.05) is 5.73 Å². The van der Waals surface area contributed by atoms with E-state index in [1.807, 2.05) is 20.9 Å². The summed E-state index contributed by atoms with van der Waals surface area (Å²) < 4.78 is 6.75. The van der Waals surface area contributed by atoms with Gasteiger partial charge in [0, 0.05) is 12.7 Å². The number of hydrogen-bond donors (Lipinski definition) is 1. The highest BCUT2D eigenvalue weighted by Crippen LogP contribution is 2.24. The molecule has 6 heteroatoms. The molecule has 0 aliphatic rings. The van der Waals surface area contributed by atoms with Crippen LogP contribution >= 0.6 is 0 Å². The smallest absolute Gasteiger partial charge is 0.263 e. The van der Waals surface area contributed by atoms with Gasteiger partial charge in [-0.05, 0) is 19.0 Å². The highest BCUT2D eigenvalue weighted by molar-refractivity contribution is 5.60. The molecule has 2 aromatic rings. The Morgan fingerprint density at radius 2 is 2.07 bits per heavy atom. The average Bonchev–Trinajstić information content (AvgIpc) is 2.60. The fourth-order valence-corrected chi connectivity index (χ4v) is 1.42. The SMILES string of the molecule is Cc1nn(C)c(C)c1-c1nc(N)no1. The van der Waals surface area contributed by atoms with E-state index < -0.39 is 0 Å². The van der Waals surface area contributed by atoms with Gasteiger partial charge in [-0.1, -0.05) is 0 Å². The molecule has 2 rings (SSSR count). The number of aryl methyl sites for hydroxylation is 2. The maximum Gasteiger partial charge on any atom is 0.263 e. The molecule has 6 nitrogen and oxygen atoms in total. The van der Waals surface area contributed by atoms with Gasteiger partial charge in [0.1, 0.15) is 0 Å². The van der Waals surface area contributed by atoms with Gasteiger partial charge in [0.2, 0.25) is 0 Å². The molecule has 0 saturated heterocycles. The zero-order valence-corrected chi connectivity index (χ0v) is 8.27. The largest absolute Gasteiger partial charge is 0.365 e. The molecule has 0 aliphatic heterocycles. The van der Waals surface area contributed by atoms with E-state index in [1.54, 1.807) is 4.68 Å². The van der Waals surface area contributed by atoms with Crippen molar-refractivity contribution in [3.05, 3.63) is 11.4 Å². The number of anilines is 1. The molecule has 74 valence electrons. The van der Waals surface area contributed by atoms with Crippen molar-refractivity contribution in [3.63, 3.8) is 0 Å². The molecule has 0 aromatic carbocycles. The van der Waals surface area contributed by atoms with Crippen LogP contribution in [-0.4, -0.2) is 19.9 Å². The number of nitrogens with zero attached hydrogens (tertiary/aromatic N) is 4. The topological polar surface area (TPSA) is 82.8 Å². The van der Waals surface area contributed by atoms with Gasteiger partial charge in [-0.25, -0.2) is 0 Å². The molecule has 0 spiro atoms. The summed E-state index contributed by atoms with van der Waals surface area (Å²) in [5.41, 5.74) is 8.07. The summed E-state index contributed by atoms with van der Waals surface area (Å²) in [6, 6.07) is 0. The summed E-state index contributed by atoms with van der Waals surface area (Å²) in [6.45, 7) is 3.83. The first-order valence-corrected chi connectivity index (χ1v) is 4.19. The molecule has 0 amide bonds. The maximum atomic E-state index is 5.38. The Balaban J connectivity index is 2.61. The van der Waals surface area contributed by atoms with E-state index in [0.29, 0.717) is 5.89 Å². The molecule has 0 radical (unpaired) electrons. The van der Waals surface area contributed by atoms with Gasteiger partial charge in [0.15, 0.2) is 0 Å². The number of rotatable bonds is 1. The molecular formula is C8H11N5O. The Kier molecular flexibility index (Phi) is 1.77. The van der Waals surface area contributed by atoms with Crippen LogP contribution in [0.3, 0.4) is 0 Å². The zero-order valence-electron chi connectivity index (χ0n) is 8.27. The third kappa shape index (κ3) is 1.15. The summed E-state index contributed by atoms with van der Waals surface area (Å²) in [4.78, 5) is 3.96. The van der Waals surface area contributed by atoms with Crippen molar-refractivity contribution in [1.29, 1.82) is 0 Å². The van der Waals surface area contributed by atoms with Crippen LogP contribution in [0.5, 0.6) is 0 Å². The van der Waals surface area contributed by atoms with Crippen LogP contribution in [0, 0.1) is 13.8 Å². The molecule has 0 unspecified atom stereocenters. The summed E-state index contributed by atoms with van der Waals surface area (Å²) in [7, 11) is 1.87. The predicted molar refractivity (Wildman–Crippen MR) is 50.4 cm³/mol. The van der Waals surface area contributed by atoms with Crippen molar-refractivity contribution in [1.82, 2.24) is 19.9 Å². The fourth-order valence-electron chi connectivity index (χ4n) is 1.42. The fraction of sp³-hybridized carbons (Fsp3) is 0.375. The van der Waals surface area contributed by atoms with Gasteiger partial charge in [0.25, 0.3) is 11.8 Å². The van der Waals surface area contributed by atoms with E-state index in [0.717, 1.165) is 17.0 Å². The minimum atomic E-state index is 0.141. The minimum absolute atomic E-state index is 0.141. The van der Waals surface area contributed by atoms with Crippen molar-refractivity contribution in [3.8, 4) is 11.5 Å². The first kappa shape index (κ1) is 8.74. The van der Waals surface area contributed by atoms with Crippen LogP contribution in [0.4, 0.5) is 5.95 Å². The molecule has 0 bridgehead atoms. The summed E-state index contributed by atoms with van der Waals surface area (Å²) in [5.74, 6) is 0.563. The quantitative estimate of drug-likeness (QED) is 0.719. The molecule has 2 aromatic heterocycles. The summed E-state index contributed by atoms with van der Waals surface area (Å²) in [6.07, 6.45) is 0. The van der Waals surface area contributed by atoms with Crippen LogP contribution in [0.25, 0.3) is 11.5 Å². The van der Waals surface area contributed by atoms with Crippen LogP contribution in [0.15, 0.2) is 4.52 Å². The average molecular weight is 193 g/mol. The predicted octanol–water partition coefficient (Wildman–Crippen LogP) is 0.669. The van der Waals surface area contributed by atoms with E-state index in [1.165, 1.54) is 0 Å². The monoisotopic (exact) mass is 193 g/mol. The Morgan fingerprint density at radius 3 is 2.50 bits per heavy atom. The molecule has 0 saturated carbocycles. The van der Waals surface area contributed by atoms with E-state index in [9.17, 15) is 0 Å². The van der Waals surface area contributed by atoms with Gasteiger partial charge in [0.05, 0.1) is 11.3 Å². The van der Waals surface area contributed by atoms with Gasteiger partial charge in [-0.15, -0.1) is 0 Å². The normalized spacial score (nSPS) is 10.8. The second kappa shape index (κ2) is 2.83. The van der Waals surface area contributed by atoms with Crippen LogP contribution < -0.4 is 5.73 Å². The number of hydrogen-bond acceptors (Lipinski definition) is 5. The first-order chi connectivity index (χ1) is 6.59. The van der Waals surface area contributed by atoms with Crippen molar-refractivity contribution in [2.24, 2.45) is 7.05 Å². The van der Waals surface area contributed by atoms with E-state index in [-0.39, 0.29) is 5.95 Å². The number of aromatic nitrogens is 4. The van der Waals surface area contributed by atoms with E-state index >= 15 is 0 Å². The molecule has 14 heavy (non-hydrogen) atoms. The second-order valence-corrected chi connectivity index (χ2v) is 3.13. The lowest BCUT2D eigenvalue weighted by Crippen LogP contribution is -1.92. The lowest BCUT2D eigenvalue weighted by molar-refractivity contribution is 0.432. The van der Waals surface area contributed by atoms with Gasteiger partial charge in [-0.3, -0.25) is 4.68 Å². The van der Waals surface area contributed by atoms with Gasteiger partial charge < -0.3 is 10.3 Å². The highest BCUT2D eigenvalue weighted by atomic mass is 16.5. The van der Waals surface area contributed by atoms with Crippen molar-refractivity contribution < 1.29 is 4.52 Å². The Labute approximate surface area is 80.7 Å².